The van der Waals surface area contributed by atoms with E-state index in [0.717, 1.165) is 49.8 Å². The molecule has 1 aliphatic heterocycles. The number of ether oxygens (including phenoxy) is 1. The number of para-hydroxylation sites is 1. The van der Waals surface area contributed by atoms with Gasteiger partial charge >= 0.3 is 0 Å². The summed E-state index contributed by atoms with van der Waals surface area (Å²) in [5.74, 6) is 0. The molecule has 6 heteroatoms. The topological polar surface area (TPSA) is 40.1 Å². The first kappa shape index (κ1) is 18.6. The molecule has 1 aromatic carbocycles. The van der Waals surface area contributed by atoms with Gasteiger partial charge in [0.05, 0.1) is 13.2 Å². The number of rotatable bonds is 5. The third kappa shape index (κ3) is 4.71. The molecule has 1 aromatic rings. The normalized spacial score (nSPS) is 19.5. The zero-order valence-electron chi connectivity index (χ0n) is 15.4. The third-order valence-corrected chi connectivity index (χ3v) is 4.79. The van der Waals surface area contributed by atoms with Crippen molar-refractivity contribution in [2.45, 2.75) is 12.8 Å². The standard InChI is InChI=1S/C20H26N4OS/c1-23(2)21-11-10-16-8-9-18(19(16)24-12-14-25-15-13-24)20(26)22-17-6-4-3-5-7-17/h3-7,10-11H,8-9,12-15H2,1-2H3,(H,22,26)/b16-10+,21-11-. The molecule has 0 aromatic heterocycles. The maximum atomic E-state index is 5.75. The van der Waals surface area contributed by atoms with Gasteiger partial charge in [-0.25, -0.2) is 0 Å². The van der Waals surface area contributed by atoms with Crippen LogP contribution in [-0.4, -0.2) is 61.5 Å². The Labute approximate surface area is 161 Å². The Morgan fingerprint density at radius 3 is 2.62 bits per heavy atom. The summed E-state index contributed by atoms with van der Waals surface area (Å²) in [6.07, 6.45) is 5.92. The number of anilines is 1. The molecule has 1 saturated heterocycles. The first-order valence-corrected chi connectivity index (χ1v) is 9.39. The summed E-state index contributed by atoms with van der Waals surface area (Å²) in [6, 6.07) is 10.1. The SMILES string of the molecule is CN(C)/N=C\C=C1/CCC(C(=S)Nc2ccccc2)=C1N1CCOCC1. The molecule has 0 spiro atoms. The monoisotopic (exact) mass is 370 g/mol. The van der Waals surface area contributed by atoms with Crippen LogP contribution in [0.4, 0.5) is 5.69 Å². The fraction of sp³-hybridized carbons (Fsp3) is 0.400. The molecule has 3 rings (SSSR count). The molecule has 0 radical (unpaired) electrons. The number of allylic oxidation sites excluding steroid dienone is 2. The third-order valence-electron chi connectivity index (χ3n) is 4.44. The number of hydrogen-bond donors (Lipinski definition) is 1. The van der Waals surface area contributed by atoms with Crippen molar-refractivity contribution in [2.24, 2.45) is 5.10 Å². The Balaban J connectivity index is 1.87. The molecule has 1 heterocycles. The first-order valence-electron chi connectivity index (χ1n) is 8.98. The van der Waals surface area contributed by atoms with E-state index in [1.165, 1.54) is 16.8 Å². The first-order chi connectivity index (χ1) is 12.6. The zero-order chi connectivity index (χ0) is 18.4. The molecular formula is C20H26N4OS. The zero-order valence-corrected chi connectivity index (χ0v) is 16.3. The average molecular weight is 371 g/mol. The quantitative estimate of drug-likeness (QED) is 0.489. The van der Waals surface area contributed by atoms with Crippen LogP contribution in [0.5, 0.6) is 0 Å². The van der Waals surface area contributed by atoms with Crippen molar-refractivity contribution >= 4 is 29.1 Å². The van der Waals surface area contributed by atoms with E-state index in [1.807, 2.05) is 50.6 Å². The molecule has 0 atom stereocenters. The number of benzene rings is 1. The van der Waals surface area contributed by atoms with Gasteiger partial charge in [0.15, 0.2) is 0 Å². The number of nitrogens with zero attached hydrogens (tertiary/aromatic N) is 3. The maximum Gasteiger partial charge on any atom is 0.108 e. The van der Waals surface area contributed by atoms with Crippen LogP contribution in [0, 0.1) is 0 Å². The molecule has 1 N–H and O–H groups in total. The second-order valence-corrected chi connectivity index (χ2v) is 6.96. The number of hydrogen-bond acceptors (Lipinski definition) is 5. The Bertz CT molecular complexity index is 719. The summed E-state index contributed by atoms with van der Waals surface area (Å²) in [6.45, 7) is 3.31. The Kier molecular flexibility index (Phi) is 6.41. The summed E-state index contributed by atoms with van der Waals surface area (Å²) < 4.78 is 5.53. The summed E-state index contributed by atoms with van der Waals surface area (Å²) in [7, 11) is 3.85. The maximum absolute atomic E-state index is 5.75. The van der Waals surface area contributed by atoms with E-state index >= 15 is 0 Å². The molecule has 1 aliphatic carbocycles. The molecule has 0 saturated carbocycles. The smallest absolute Gasteiger partial charge is 0.108 e. The number of hydrazone groups is 1. The van der Waals surface area contributed by atoms with Gasteiger partial charge in [-0.1, -0.05) is 30.4 Å². The fourth-order valence-electron chi connectivity index (χ4n) is 3.24. The van der Waals surface area contributed by atoms with Gasteiger partial charge < -0.3 is 20.0 Å². The van der Waals surface area contributed by atoms with Crippen molar-refractivity contribution in [2.75, 3.05) is 45.7 Å². The van der Waals surface area contributed by atoms with E-state index in [0.29, 0.717) is 0 Å². The van der Waals surface area contributed by atoms with E-state index < -0.39 is 0 Å². The van der Waals surface area contributed by atoms with E-state index in [1.54, 1.807) is 5.01 Å². The molecule has 5 nitrogen and oxygen atoms in total. The minimum Gasteiger partial charge on any atom is -0.378 e. The Hall–Kier alpha value is -2.18. The highest BCUT2D eigenvalue weighted by molar-refractivity contribution is 7.81. The molecule has 0 bridgehead atoms. The largest absolute Gasteiger partial charge is 0.378 e. The number of nitrogens with one attached hydrogen (secondary N) is 1. The molecule has 0 unspecified atom stereocenters. The van der Waals surface area contributed by atoms with Gasteiger partial charge in [0.1, 0.15) is 4.99 Å². The molecule has 26 heavy (non-hydrogen) atoms. The van der Waals surface area contributed by atoms with Gasteiger partial charge in [-0.3, -0.25) is 0 Å². The van der Waals surface area contributed by atoms with Gasteiger partial charge in [0.25, 0.3) is 0 Å². The van der Waals surface area contributed by atoms with E-state index in [2.05, 4.69) is 21.4 Å². The van der Waals surface area contributed by atoms with Crippen LogP contribution < -0.4 is 5.32 Å². The van der Waals surface area contributed by atoms with Crippen LogP contribution in [0.1, 0.15) is 12.8 Å². The van der Waals surface area contributed by atoms with E-state index in [-0.39, 0.29) is 0 Å². The van der Waals surface area contributed by atoms with Crippen LogP contribution in [-0.2, 0) is 4.74 Å². The summed E-state index contributed by atoms with van der Waals surface area (Å²) in [4.78, 5) is 3.21. The lowest BCUT2D eigenvalue weighted by Crippen LogP contribution is -2.36. The fourth-order valence-corrected chi connectivity index (χ4v) is 3.56. The van der Waals surface area contributed by atoms with Gasteiger partial charge in [0.2, 0.25) is 0 Å². The highest BCUT2D eigenvalue weighted by atomic mass is 32.1. The van der Waals surface area contributed by atoms with Crippen LogP contribution in [0.2, 0.25) is 0 Å². The molecule has 0 amide bonds. The lowest BCUT2D eigenvalue weighted by Gasteiger charge is -2.31. The second-order valence-electron chi connectivity index (χ2n) is 6.55. The summed E-state index contributed by atoms with van der Waals surface area (Å²) in [5.41, 5.74) is 4.80. The van der Waals surface area contributed by atoms with Crippen LogP contribution in [0.25, 0.3) is 0 Å². The molecule has 138 valence electrons. The van der Waals surface area contributed by atoms with Crippen LogP contribution >= 0.6 is 12.2 Å². The Morgan fingerprint density at radius 2 is 1.92 bits per heavy atom. The number of thiocarbonyl (C=S) groups is 1. The van der Waals surface area contributed by atoms with Crippen LogP contribution in [0.3, 0.4) is 0 Å². The predicted octanol–water partition coefficient (Wildman–Crippen LogP) is 3.28. The lowest BCUT2D eigenvalue weighted by atomic mass is 10.1. The highest BCUT2D eigenvalue weighted by Gasteiger charge is 2.28. The summed E-state index contributed by atoms with van der Waals surface area (Å²) in [5, 5.41) is 9.52. The van der Waals surface area contributed by atoms with Crippen LogP contribution in [0.15, 0.2) is 58.4 Å². The van der Waals surface area contributed by atoms with Crippen molar-refractivity contribution in [1.29, 1.82) is 0 Å². The predicted molar refractivity (Wildman–Crippen MR) is 112 cm³/mol. The van der Waals surface area contributed by atoms with E-state index in [9.17, 15) is 0 Å². The van der Waals surface area contributed by atoms with Gasteiger partial charge in [-0.05, 0) is 36.6 Å². The van der Waals surface area contributed by atoms with Crippen molar-refractivity contribution in [3.05, 3.63) is 53.3 Å². The van der Waals surface area contributed by atoms with Gasteiger partial charge in [-0.15, -0.1) is 0 Å². The molecular weight excluding hydrogens is 344 g/mol. The van der Waals surface area contributed by atoms with Crippen molar-refractivity contribution < 1.29 is 4.74 Å². The Morgan fingerprint density at radius 1 is 1.19 bits per heavy atom. The number of morpholine rings is 1. The summed E-state index contributed by atoms with van der Waals surface area (Å²) >= 11 is 5.75. The molecule has 1 fully saturated rings. The van der Waals surface area contributed by atoms with Crippen molar-refractivity contribution in [3.8, 4) is 0 Å². The van der Waals surface area contributed by atoms with E-state index in [4.69, 9.17) is 17.0 Å². The lowest BCUT2D eigenvalue weighted by molar-refractivity contribution is 0.0548. The van der Waals surface area contributed by atoms with Crippen molar-refractivity contribution in [1.82, 2.24) is 9.91 Å². The van der Waals surface area contributed by atoms with Crippen molar-refractivity contribution in [3.63, 3.8) is 0 Å². The average Bonchev–Trinajstić information content (AvgIpc) is 3.07. The minimum absolute atomic E-state index is 0.759. The molecule has 2 aliphatic rings. The van der Waals surface area contributed by atoms with Gasteiger partial charge in [0, 0.05) is 50.4 Å². The highest BCUT2D eigenvalue weighted by Crippen LogP contribution is 2.35. The second kappa shape index (κ2) is 8.96. The minimum atomic E-state index is 0.759. The van der Waals surface area contributed by atoms with Gasteiger partial charge in [-0.2, -0.15) is 5.10 Å².